The monoisotopic (exact) mass is 512 g/mol. The van der Waals surface area contributed by atoms with E-state index in [0.717, 1.165) is 0 Å². The Bertz CT molecular complexity index is 1520. The largest absolute Gasteiger partial charge is 0.503 e. The van der Waals surface area contributed by atoms with Gasteiger partial charge in [0.25, 0.3) is 5.91 Å². The number of nitrogens with zero attached hydrogens (tertiary/aromatic N) is 2. The summed E-state index contributed by atoms with van der Waals surface area (Å²) in [6.45, 7) is 0.841. The van der Waals surface area contributed by atoms with Gasteiger partial charge in [0.1, 0.15) is 11.5 Å². The van der Waals surface area contributed by atoms with Gasteiger partial charge in [-0.15, -0.1) is 0 Å². The molecule has 1 aromatic heterocycles. The number of benzene rings is 3. The van der Waals surface area contributed by atoms with Crippen LogP contribution in [0.5, 0.6) is 17.2 Å². The molecule has 8 nitrogen and oxygen atoms in total. The number of Topliss-reactive ketones (excluding diaryl/α,β-unsaturated/α-hetero) is 1. The summed E-state index contributed by atoms with van der Waals surface area (Å²) in [5.41, 5.74) is 1.01. The Balaban J connectivity index is 1.56. The zero-order chi connectivity index (χ0) is 26.8. The first-order chi connectivity index (χ1) is 18.4. The maximum absolute atomic E-state index is 13.8. The van der Waals surface area contributed by atoms with Gasteiger partial charge in [-0.2, -0.15) is 0 Å². The zero-order valence-electron chi connectivity index (χ0n) is 21.4. The number of carbonyl (C=O) groups excluding carboxylic acids is 2. The summed E-state index contributed by atoms with van der Waals surface area (Å²) in [4.78, 5) is 30.5. The molecule has 8 heteroatoms. The van der Waals surface area contributed by atoms with Crippen molar-refractivity contribution < 1.29 is 28.6 Å². The number of methoxy groups -OCH3 is 1. The van der Waals surface area contributed by atoms with Crippen LogP contribution in [0.25, 0.3) is 11.0 Å². The standard InChI is InChI=1S/C30H28N2O6/c1-31(2)15-16-32-26(19-9-7-13-22(17-19)37-21-11-5-4-6-12-21)25(28(34)30(32)35)27(33)24-18-20-10-8-14-23(36-3)29(20)38-24/h4-14,17-18,26,34H,15-16H2,1-3H3. The van der Waals surface area contributed by atoms with Crippen LogP contribution in [0.4, 0.5) is 0 Å². The van der Waals surface area contributed by atoms with Crippen LogP contribution in [0, 0.1) is 0 Å². The highest BCUT2D eigenvalue weighted by Crippen LogP contribution is 2.41. The van der Waals surface area contributed by atoms with Crippen LogP contribution in [-0.4, -0.2) is 60.9 Å². The summed E-state index contributed by atoms with van der Waals surface area (Å²) in [6.07, 6.45) is 0. The first kappa shape index (κ1) is 25.1. The van der Waals surface area contributed by atoms with Crippen molar-refractivity contribution in [2.75, 3.05) is 34.3 Å². The number of ketones is 1. The van der Waals surface area contributed by atoms with E-state index in [-0.39, 0.29) is 11.3 Å². The number of para-hydroxylation sites is 2. The molecule has 0 radical (unpaired) electrons. The molecule has 1 N–H and O–H groups in total. The first-order valence-corrected chi connectivity index (χ1v) is 12.2. The first-order valence-electron chi connectivity index (χ1n) is 12.2. The van der Waals surface area contributed by atoms with Gasteiger partial charge >= 0.3 is 0 Å². The molecule has 0 bridgehead atoms. The van der Waals surface area contributed by atoms with E-state index in [1.165, 1.54) is 12.0 Å². The average Bonchev–Trinajstić information content (AvgIpc) is 3.47. The number of hydrogen-bond donors (Lipinski definition) is 1. The van der Waals surface area contributed by atoms with Gasteiger partial charge in [-0.25, -0.2) is 0 Å². The number of hydrogen-bond acceptors (Lipinski definition) is 7. The molecule has 194 valence electrons. The number of furan rings is 1. The van der Waals surface area contributed by atoms with E-state index in [0.29, 0.717) is 46.9 Å². The van der Waals surface area contributed by atoms with Gasteiger partial charge in [-0.05, 0) is 56.1 Å². The van der Waals surface area contributed by atoms with Crippen LogP contribution in [0.15, 0.2) is 94.6 Å². The normalized spacial score (nSPS) is 15.5. The minimum Gasteiger partial charge on any atom is -0.503 e. The topological polar surface area (TPSA) is 92.5 Å². The van der Waals surface area contributed by atoms with Crippen molar-refractivity contribution in [1.29, 1.82) is 0 Å². The summed E-state index contributed by atoms with van der Waals surface area (Å²) in [7, 11) is 5.31. The van der Waals surface area contributed by atoms with Gasteiger partial charge in [0.05, 0.1) is 18.7 Å². The summed E-state index contributed by atoms with van der Waals surface area (Å²) in [6, 6.07) is 22.6. The van der Waals surface area contributed by atoms with E-state index in [9.17, 15) is 14.7 Å². The van der Waals surface area contributed by atoms with E-state index in [4.69, 9.17) is 13.9 Å². The molecule has 0 aliphatic carbocycles. The lowest BCUT2D eigenvalue weighted by atomic mass is 9.95. The average molecular weight is 513 g/mol. The molecule has 0 saturated carbocycles. The van der Waals surface area contributed by atoms with Gasteiger partial charge in [0.2, 0.25) is 5.78 Å². The van der Waals surface area contributed by atoms with Crippen LogP contribution in [0.2, 0.25) is 0 Å². The van der Waals surface area contributed by atoms with Gasteiger partial charge in [0.15, 0.2) is 22.9 Å². The molecule has 0 saturated heterocycles. The highest BCUT2D eigenvalue weighted by atomic mass is 16.5. The van der Waals surface area contributed by atoms with Crippen molar-refractivity contribution in [2.24, 2.45) is 0 Å². The molecule has 1 amide bonds. The Hall–Kier alpha value is -4.56. The third kappa shape index (κ3) is 4.73. The van der Waals surface area contributed by atoms with Crippen molar-refractivity contribution in [2.45, 2.75) is 6.04 Å². The second-order valence-corrected chi connectivity index (χ2v) is 9.27. The van der Waals surface area contributed by atoms with Crippen LogP contribution < -0.4 is 9.47 Å². The molecule has 2 heterocycles. The fourth-order valence-electron chi connectivity index (χ4n) is 4.58. The smallest absolute Gasteiger partial charge is 0.290 e. The maximum Gasteiger partial charge on any atom is 0.290 e. The Morgan fingerprint density at radius 2 is 1.74 bits per heavy atom. The van der Waals surface area contributed by atoms with E-state index in [2.05, 4.69) is 0 Å². The predicted octanol–water partition coefficient (Wildman–Crippen LogP) is 5.37. The van der Waals surface area contributed by atoms with E-state index in [1.54, 1.807) is 42.5 Å². The molecule has 5 rings (SSSR count). The number of ether oxygens (including phenoxy) is 2. The third-order valence-electron chi connectivity index (χ3n) is 6.44. The number of fused-ring (bicyclic) bond motifs is 1. The lowest BCUT2D eigenvalue weighted by molar-refractivity contribution is -0.129. The van der Waals surface area contributed by atoms with E-state index < -0.39 is 23.5 Å². The molecule has 3 aromatic carbocycles. The quantitative estimate of drug-likeness (QED) is 0.301. The summed E-state index contributed by atoms with van der Waals surface area (Å²) in [5.74, 6) is -0.0697. The van der Waals surface area contributed by atoms with Crippen molar-refractivity contribution in [3.63, 3.8) is 0 Å². The molecular formula is C30H28N2O6. The molecule has 38 heavy (non-hydrogen) atoms. The third-order valence-corrected chi connectivity index (χ3v) is 6.44. The number of aliphatic hydroxyl groups is 1. The van der Waals surface area contributed by atoms with Gasteiger partial charge in [-0.1, -0.05) is 42.5 Å². The van der Waals surface area contributed by atoms with Crippen LogP contribution in [0.3, 0.4) is 0 Å². The zero-order valence-corrected chi connectivity index (χ0v) is 21.4. The molecule has 0 fully saturated rings. The number of carbonyl (C=O) groups is 2. The van der Waals surface area contributed by atoms with Crippen LogP contribution in [0.1, 0.15) is 22.2 Å². The number of amides is 1. The van der Waals surface area contributed by atoms with Crippen LogP contribution in [-0.2, 0) is 4.79 Å². The number of likely N-dealkylation sites (N-methyl/N-ethyl adjacent to an activating group) is 1. The molecule has 1 aliphatic rings. The number of aliphatic hydroxyl groups excluding tert-OH is 1. The van der Waals surface area contributed by atoms with Gasteiger partial charge in [0, 0.05) is 18.5 Å². The number of rotatable bonds is 9. The highest BCUT2D eigenvalue weighted by Gasteiger charge is 2.44. The van der Waals surface area contributed by atoms with Crippen molar-refractivity contribution >= 4 is 22.7 Å². The fraction of sp³-hybridized carbons (Fsp3) is 0.200. The van der Waals surface area contributed by atoms with Crippen molar-refractivity contribution in [1.82, 2.24) is 9.80 Å². The molecule has 1 atom stereocenters. The summed E-state index contributed by atoms with van der Waals surface area (Å²) in [5, 5.41) is 11.7. The lowest BCUT2D eigenvalue weighted by Gasteiger charge is -2.28. The SMILES string of the molecule is COc1cccc2cc(C(=O)C3=C(O)C(=O)N(CCN(C)C)C3c3cccc(Oc4ccccc4)c3)oc12. The van der Waals surface area contributed by atoms with Gasteiger partial charge in [-0.3, -0.25) is 9.59 Å². The van der Waals surface area contributed by atoms with Crippen molar-refractivity contribution in [3.05, 3.63) is 102 Å². The molecule has 1 aliphatic heterocycles. The second-order valence-electron chi connectivity index (χ2n) is 9.27. The van der Waals surface area contributed by atoms with E-state index in [1.807, 2.05) is 55.4 Å². The highest BCUT2D eigenvalue weighted by molar-refractivity contribution is 6.16. The van der Waals surface area contributed by atoms with Gasteiger partial charge < -0.3 is 28.8 Å². The van der Waals surface area contributed by atoms with E-state index >= 15 is 0 Å². The predicted molar refractivity (Wildman–Crippen MR) is 143 cm³/mol. The molecular weight excluding hydrogens is 484 g/mol. The second kappa shape index (κ2) is 10.4. The van der Waals surface area contributed by atoms with Crippen molar-refractivity contribution in [3.8, 4) is 17.2 Å². The minimum absolute atomic E-state index is 0.00926. The summed E-state index contributed by atoms with van der Waals surface area (Å²) < 4.78 is 17.3. The minimum atomic E-state index is -0.829. The lowest BCUT2D eigenvalue weighted by Crippen LogP contribution is -2.36. The molecule has 1 unspecified atom stereocenters. The molecule has 4 aromatic rings. The Morgan fingerprint density at radius 1 is 1.00 bits per heavy atom. The summed E-state index contributed by atoms with van der Waals surface area (Å²) >= 11 is 0. The Labute approximate surface area is 220 Å². The Morgan fingerprint density at radius 3 is 2.47 bits per heavy atom. The Kier molecular flexibility index (Phi) is 6.89. The van der Waals surface area contributed by atoms with Crippen LogP contribution >= 0.6 is 0 Å². The molecule has 0 spiro atoms. The maximum atomic E-state index is 13.8. The fourth-order valence-corrected chi connectivity index (χ4v) is 4.58.